The van der Waals surface area contributed by atoms with Crippen LogP contribution in [0, 0.1) is 0 Å². The highest BCUT2D eigenvalue weighted by Gasteiger charge is 2.21. The van der Waals surface area contributed by atoms with E-state index in [0.29, 0.717) is 0 Å². The molecule has 108 valence electrons. The van der Waals surface area contributed by atoms with Crippen LogP contribution in [0.5, 0.6) is 0 Å². The topological polar surface area (TPSA) is 3.24 Å². The summed E-state index contributed by atoms with van der Waals surface area (Å²) < 4.78 is 0. The van der Waals surface area contributed by atoms with Crippen molar-refractivity contribution in [3.05, 3.63) is 0 Å². The zero-order chi connectivity index (χ0) is 13.1. The average Bonchev–Trinajstić information content (AvgIpc) is 2.91. The lowest BCUT2D eigenvalue weighted by atomic mass is 10.1. The molecule has 0 spiro atoms. The first-order chi connectivity index (χ1) is 8.88. The minimum atomic E-state index is 0.938. The molecule has 1 aliphatic rings. The Labute approximate surface area is 115 Å². The van der Waals surface area contributed by atoms with Gasteiger partial charge < -0.3 is 4.90 Å². The molecule has 1 rings (SSSR count). The molecule has 0 unspecified atom stereocenters. The Morgan fingerprint density at radius 2 is 1.22 bits per heavy atom. The monoisotopic (exact) mass is 253 g/mol. The number of unbranched alkanes of at least 4 members (excludes halogenated alkanes) is 6. The van der Waals surface area contributed by atoms with Gasteiger partial charge in [0.15, 0.2) is 0 Å². The van der Waals surface area contributed by atoms with Crippen molar-refractivity contribution < 1.29 is 0 Å². The third-order valence-corrected chi connectivity index (χ3v) is 4.44. The smallest absolute Gasteiger partial charge is 0.00952 e. The van der Waals surface area contributed by atoms with Gasteiger partial charge in [-0.05, 0) is 38.8 Å². The third-order valence-electron chi connectivity index (χ3n) is 4.44. The standard InChI is InChI=1S/C17H35N/c1-3-5-7-11-15-18(16-12-8-6-4-2)17-13-9-10-14-17/h17H,3-16H2,1-2H3. The van der Waals surface area contributed by atoms with Gasteiger partial charge in [-0.1, -0.05) is 65.2 Å². The van der Waals surface area contributed by atoms with Gasteiger partial charge in [0, 0.05) is 6.04 Å². The number of nitrogens with zero attached hydrogens (tertiary/aromatic N) is 1. The molecular formula is C17H35N. The summed E-state index contributed by atoms with van der Waals surface area (Å²) in [7, 11) is 0. The van der Waals surface area contributed by atoms with Crippen LogP contribution >= 0.6 is 0 Å². The lowest BCUT2D eigenvalue weighted by molar-refractivity contribution is 0.190. The molecule has 0 saturated heterocycles. The van der Waals surface area contributed by atoms with Gasteiger partial charge in [0.05, 0.1) is 0 Å². The van der Waals surface area contributed by atoms with Crippen LogP contribution in [0.3, 0.4) is 0 Å². The highest BCUT2D eigenvalue weighted by molar-refractivity contribution is 4.77. The van der Waals surface area contributed by atoms with E-state index in [1.54, 1.807) is 0 Å². The molecule has 0 aliphatic heterocycles. The molecule has 0 aromatic rings. The molecule has 0 amide bonds. The molecule has 18 heavy (non-hydrogen) atoms. The number of hydrogen-bond donors (Lipinski definition) is 0. The van der Waals surface area contributed by atoms with Crippen molar-refractivity contribution in [2.45, 2.75) is 96.9 Å². The molecule has 0 N–H and O–H groups in total. The molecule has 0 radical (unpaired) electrons. The van der Waals surface area contributed by atoms with Crippen LogP contribution in [-0.2, 0) is 0 Å². The minimum absolute atomic E-state index is 0.938. The van der Waals surface area contributed by atoms with E-state index in [1.807, 2.05) is 0 Å². The van der Waals surface area contributed by atoms with Crippen LogP contribution in [0.1, 0.15) is 90.9 Å². The van der Waals surface area contributed by atoms with E-state index < -0.39 is 0 Å². The van der Waals surface area contributed by atoms with Crippen LogP contribution in [0.15, 0.2) is 0 Å². The fourth-order valence-corrected chi connectivity index (χ4v) is 3.23. The lowest BCUT2D eigenvalue weighted by Gasteiger charge is -2.29. The predicted octanol–water partition coefficient (Wildman–Crippen LogP) is 5.39. The second-order valence-electron chi connectivity index (χ2n) is 6.10. The summed E-state index contributed by atoms with van der Waals surface area (Å²) >= 11 is 0. The molecule has 0 atom stereocenters. The second kappa shape index (κ2) is 10.8. The summed E-state index contributed by atoms with van der Waals surface area (Å²) in [5, 5.41) is 0. The van der Waals surface area contributed by atoms with E-state index in [1.165, 1.54) is 90.1 Å². The van der Waals surface area contributed by atoms with Crippen LogP contribution in [0.2, 0.25) is 0 Å². The van der Waals surface area contributed by atoms with Gasteiger partial charge >= 0.3 is 0 Å². The quantitative estimate of drug-likeness (QED) is 0.446. The average molecular weight is 253 g/mol. The van der Waals surface area contributed by atoms with Crippen molar-refractivity contribution in [1.29, 1.82) is 0 Å². The van der Waals surface area contributed by atoms with E-state index in [-0.39, 0.29) is 0 Å². The second-order valence-corrected chi connectivity index (χ2v) is 6.10. The maximum absolute atomic E-state index is 2.83. The minimum Gasteiger partial charge on any atom is -0.300 e. The fourth-order valence-electron chi connectivity index (χ4n) is 3.23. The maximum atomic E-state index is 2.83. The van der Waals surface area contributed by atoms with Crippen molar-refractivity contribution in [2.24, 2.45) is 0 Å². The first-order valence-corrected chi connectivity index (χ1v) is 8.62. The molecule has 1 aliphatic carbocycles. The molecule has 0 aromatic carbocycles. The van der Waals surface area contributed by atoms with Crippen molar-refractivity contribution in [1.82, 2.24) is 4.90 Å². The Hall–Kier alpha value is -0.0400. The van der Waals surface area contributed by atoms with Crippen LogP contribution in [0.25, 0.3) is 0 Å². The van der Waals surface area contributed by atoms with Crippen LogP contribution < -0.4 is 0 Å². The summed E-state index contributed by atoms with van der Waals surface area (Å²) in [6, 6.07) is 0.938. The zero-order valence-corrected chi connectivity index (χ0v) is 12.9. The summed E-state index contributed by atoms with van der Waals surface area (Å²) in [6.45, 7) is 7.35. The van der Waals surface area contributed by atoms with E-state index in [0.717, 1.165) is 6.04 Å². The molecule has 0 heterocycles. The Balaban J connectivity index is 2.18. The SMILES string of the molecule is CCCCCCN(CCCCCC)C1CCCC1. The van der Waals surface area contributed by atoms with Crippen molar-refractivity contribution >= 4 is 0 Å². The van der Waals surface area contributed by atoms with Gasteiger partial charge in [0.1, 0.15) is 0 Å². The Bertz CT molecular complexity index is 160. The molecule has 1 heteroatoms. The third kappa shape index (κ3) is 6.78. The summed E-state index contributed by atoms with van der Waals surface area (Å²) in [6.07, 6.45) is 17.2. The number of rotatable bonds is 11. The molecule has 1 nitrogen and oxygen atoms in total. The van der Waals surface area contributed by atoms with Gasteiger partial charge in [-0.3, -0.25) is 0 Å². The molecular weight excluding hydrogens is 218 g/mol. The molecule has 0 bridgehead atoms. The van der Waals surface area contributed by atoms with Crippen LogP contribution in [-0.4, -0.2) is 24.0 Å². The molecule has 1 fully saturated rings. The normalized spacial score (nSPS) is 16.8. The number of hydrogen-bond acceptors (Lipinski definition) is 1. The summed E-state index contributed by atoms with van der Waals surface area (Å²) in [5.41, 5.74) is 0. The first kappa shape index (κ1) is 16.0. The molecule has 1 saturated carbocycles. The zero-order valence-electron chi connectivity index (χ0n) is 12.9. The van der Waals surface area contributed by atoms with Crippen molar-refractivity contribution in [2.75, 3.05) is 13.1 Å². The maximum Gasteiger partial charge on any atom is 0.00952 e. The highest BCUT2D eigenvalue weighted by atomic mass is 15.1. The fraction of sp³-hybridized carbons (Fsp3) is 1.00. The Morgan fingerprint density at radius 1 is 0.722 bits per heavy atom. The van der Waals surface area contributed by atoms with E-state index >= 15 is 0 Å². The van der Waals surface area contributed by atoms with E-state index in [9.17, 15) is 0 Å². The summed E-state index contributed by atoms with van der Waals surface area (Å²) in [5.74, 6) is 0. The van der Waals surface area contributed by atoms with Crippen molar-refractivity contribution in [3.8, 4) is 0 Å². The predicted molar refractivity (Wildman–Crippen MR) is 82.1 cm³/mol. The van der Waals surface area contributed by atoms with E-state index in [2.05, 4.69) is 18.7 Å². The van der Waals surface area contributed by atoms with E-state index in [4.69, 9.17) is 0 Å². The highest BCUT2D eigenvalue weighted by Crippen LogP contribution is 2.24. The Kier molecular flexibility index (Phi) is 9.65. The van der Waals surface area contributed by atoms with Gasteiger partial charge in [-0.25, -0.2) is 0 Å². The summed E-state index contributed by atoms with van der Waals surface area (Å²) in [4.78, 5) is 2.83. The van der Waals surface area contributed by atoms with Gasteiger partial charge in [-0.2, -0.15) is 0 Å². The van der Waals surface area contributed by atoms with Crippen molar-refractivity contribution in [3.63, 3.8) is 0 Å². The van der Waals surface area contributed by atoms with Crippen LogP contribution in [0.4, 0.5) is 0 Å². The lowest BCUT2D eigenvalue weighted by Crippen LogP contribution is -2.35. The first-order valence-electron chi connectivity index (χ1n) is 8.62. The largest absolute Gasteiger partial charge is 0.300 e. The van der Waals surface area contributed by atoms with Gasteiger partial charge in [-0.15, -0.1) is 0 Å². The van der Waals surface area contributed by atoms with Gasteiger partial charge in [0.2, 0.25) is 0 Å². The van der Waals surface area contributed by atoms with Gasteiger partial charge in [0.25, 0.3) is 0 Å². The molecule has 0 aromatic heterocycles. The Morgan fingerprint density at radius 3 is 1.67 bits per heavy atom.